The molecule has 3 heterocycles. The highest BCUT2D eigenvalue weighted by Crippen LogP contribution is 2.47. The van der Waals surface area contributed by atoms with E-state index < -0.39 is 0 Å². The minimum Gasteiger partial charge on any atom is -0.456 e. The fourth-order valence-corrected chi connectivity index (χ4v) is 10.9. The zero-order valence-corrected chi connectivity index (χ0v) is 37.1. The molecular formula is C64H38N2O3. The predicted molar refractivity (Wildman–Crippen MR) is 288 cm³/mol. The van der Waals surface area contributed by atoms with Crippen molar-refractivity contribution in [3.63, 3.8) is 0 Å². The molecule has 5 nitrogen and oxygen atoms in total. The molecule has 322 valence electrons. The summed E-state index contributed by atoms with van der Waals surface area (Å²) in [5.41, 5.74) is 11.4. The van der Waals surface area contributed by atoms with Crippen molar-refractivity contribution in [2.45, 2.75) is 0 Å². The van der Waals surface area contributed by atoms with Crippen molar-refractivity contribution in [2.24, 2.45) is 0 Å². The first-order valence-corrected chi connectivity index (χ1v) is 23.4. The molecule has 0 unspecified atom stereocenters. The molecule has 3 aromatic heterocycles. The third-order valence-electron chi connectivity index (χ3n) is 14.1. The molecule has 5 heteroatoms. The van der Waals surface area contributed by atoms with Gasteiger partial charge in [-0.3, -0.25) is 0 Å². The topological polar surface area (TPSA) is 45.9 Å². The van der Waals surface area contributed by atoms with Crippen molar-refractivity contribution in [1.29, 1.82) is 0 Å². The summed E-state index contributed by atoms with van der Waals surface area (Å²) in [6.07, 6.45) is 0. The molecular weight excluding hydrogens is 845 g/mol. The number of hydrogen-bond acceptors (Lipinski definition) is 5. The van der Waals surface area contributed by atoms with E-state index in [4.69, 9.17) is 13.3 Å². The van der Waals surface area contributed by atoms with Crippen molar-refractivity contribution in [3.05, 3.63) is 231 Å². The summed E-state index contributed by atoms with van der Waals surface area (Å²) in [5.74, 6) is 0. The van der Waals surface area contributed by atoms with E-state index in [1.165, 1.54) is 26.9 Å². The van der Waals surface area contributed by atoms with Gasteiger partial charge in [0.2, 0.25) is 0 Å². The number of rotatable bonds is 6. The highest BCUT2D eigenvalue weighted by Gasteiger charge is 2.23. The first-order valence-electron chi connectivity index (χ1n) is 23.4. The Kier molecular flexibility index (Phi) is 8.00. The van der Waals surface area contributed by atoms with Gasteiger partial charge in [-0.15, -0.1) is 0 Å². The second-order valence-electron chi connectivity index (χ2n) is 18.1. The molecule has 12 aromatic carbocycles. The van der Waals surface area contributed by atoms with Crippen LogP contribution in [0.2, 0.25) is 0 Å². The van der Waals surface area contributed by atoms with Gasteiger partial charge in [-0.05, 0) is 141 Å². The van der Waals surface area contributed by atoms with E-state index in [1.807, 2.05) is 24.3 Å². The molecule has 0 spiro atoms. The summed E-state index contributed by atoms with van der Waals surface area (Å²) in [6, 6.07) is 82.2. The molecule has 0 radical (unpaired) electrons. The number of benzene rings is 12. The lowest BCUT2D eigenvalue weighted by molar-refractivity contribution is 0.668. The Hall–Kier alpha value is -9.32. The van der Waals surface area contributed by atoms with E-state index >= 15 is 0 Å². The average molecular weight is 883 g/mol. The molecule has 0 saturated heterocycles. The second kappa shape index (κ2) is 14.6. The van der Waals surface area contributed by atoms with Gasteiger partial charge in [0.05, 0.1) is 0 Å². The monoisotopic (exact) mass is 882 g/mol. The van der Waals surface area contributed by atoms with Crippen LogP contribution in [0.5, 0.6) is 0 Å². The van der Waals surface area contributed by atoms with Crippen LogP contribution in [0.1, 0.15) is 0 Å². The van der Waals surface area contributed by atoms with Crippen LogP contribution in [0.25, 0.3) is 109 Å². The van der Waals surface area contributed by atoms with E-state index in [1.54, 1.807) is 0 Å². The SMILES string of the molecule is c1ccc2cc(N(c3ccc4c(c3)oc3c5ccc(N(c6ccc7ccccc7c6)c6ccc7oc8ccccc8c7c6)cc5c5ccccc5c43)c3ccc4oc5ccccc5c4c3)ccc2c1. The van der Waals surface area contributed by atoms with Crippen molar-refractivity contribution in [2.75, 3.05) is 9.80 Å². The summed E-state index contributed by atoms with van der Waals surface area (Å²) >= 11 is 0. The first kappa shape index (κ1) is 37.9. The summed E-state index contributed by atoms with van der Waals surface area (Å²) < 4.78 is 19.7. The van der Waals surface area contributed by atoms with E-state index in [0.29, 0.717) is 0 Å². The van der Waals surface area contributed by atoms with Gasteiger partial charge >= 0.3 is 0 Å². The third-order valence-corrected chi connectivity index (χ3v) is 14.1. The van der Waals surface area contributed by atoms with Crippen LogP contribution >= 0.6 is 0 Å². The normalized spacial score (nSPS) is 12.1. The largest absolute Gasteiger partial charge is 0.456 e. The van der Waals surface area contributed by atoms with E-state index in [9.17, 15) is 0 Å². The fourth-order valence-electron chi connectivity index (χ4n) is 10.9. The van der Waals surface area contributed by atoms with Crippen LogP contribution in [0.4, 0.5) is 34.1 Å². The molecule has 0 aliphatic carbocycles. The van der Waals surface area contributed by atoms with Gasteiger partial charge in [-0.1, -0.05) is 121 Å². The Labute approximate surface area is 394 Å². The van der Waals surface area contributed by atoms with Crippen LogP contribution in [0.3, 0.4) is 0 Å². The zero-order valence-electron chi connectivity index (χ0n) is 37.1. The van der Waals surface area contributed by atoms with Gasteiger partial charge < -0.3 is 23.1 Å². The Morgan fingerprint density at radius 1 is 0.217 bits per heavy atom. The van der Waals surface area contributed by atoms with Crippen molar-refractivity contribution < 1.29 is 13.3 Å². The van der Waals surface area contributed by atoms with Crippen LogP contribution < -0.4 is 9.80 Å². The zero-order chi connectivity index (χ0) is 45.2. The third kappa shape index (κ3) is 5.84. The number of furan rings is 3. The molecule has 0 N–H and O–H groups in total. The quantitative estimate of drug-likeness (QED) is 0.156. The Balaban J connectivity index is 0.931. The maximum Gasteiger partial charge on any atom is 0.143 e. The summed E-state index contributed by atoms with van der Waals surface area (Å²) in [5, 5.41) is 15.8. The lowest BCUT2D eigenvalue weighted by atomic mass is 9.96. The van der Waals surface area contributed by atoms with E-state index in [-0.39, 0.29) is 0 Å². The first-order chi connectivity index (χ1) is 34.2. The molecule has 0 atom stereocenters. The molecule has 0 amide bonds. The fraction of sp³-hybridized carbons (Fsp3) is 0. The van der Waals surface area contributed by atoms with Gasteiger partial charge in [0.1, 0.15) is 33.5 Å². The highest BCUT2D eigenvalue weighted by atomic mass is 16.3. The lowest BCUT2D eigenvalue weighted by Crippen LogP contribution is -2.10. The lowest BCUT2D eigenvalue weighted by Gasteiger charge is -2.26. The predicted octanol–water partition coefficient (Wildman–Crippen LogP) is 18.9. The molecule has 15 aromatic rings. The number of anilines is 6. The maximum absolute atomic E-state index is 7.15. The van der Waals surface area contributed by atoms with Gasteiger partial charge in [-0.25, -0.2) is 0 Å². The van der Waals surface area contributed by atoms with E-state index in [0.717, 1.165) is 116 Å². The summed E-state index contributed by atoms with van der Waals surface area (Å²) in [6.45, 7) is 0. The Bertz CT molecular complexity index is 4590. The molecule has 0 bridgehead atoms. The molecule has 0 aliphatic rings. The number of fused-ring (bicyclic) bond motifs is 16. The van der Waals surface area contributed by atoms with Gasteiger partial charge in [0.25, 0.3) is 0 Å². The van der Waals surface area contributed by atoms with Gasteiger partial charge in [0, 0.05) is 77.9 Å². The summed E-state index contributed by atoms with van der Waals surface area (Å²) in [4.78, 5) is 4.69. The minimum atomic E-state index is 0.822. The van der Waals surface area contributed by atoms with Crippen molar-refractivity contribution in [1.82, 2.24) is 0 Å². The van der Waals surface area contributed by atoms with Crippen LogP contribution in [-0.4, -0.2) is 0 Å². The van der Waals surface area contributed by atoms with E-state index in [2.05, 4.69) is 216 Å². The highest BCUT2D eigenvalue weighted by molar-refractivity contribution is 6.30. The van der Waals surface area contributed by atoms with Crippen molar-refractivity contribution in [3.8, 4) is 0 Å². The van der Waals surface area contributed by atoms with Crippen molar-refractivity contribution >= 4 is 143 Å². The number of nitrogens with zero attached hydrogens (tertiary/aromatic N) is 2. The minimum absolute atomic E-state index is 0.822. The smallest absolute Gasteiger partial charge is 0.143 e. The Morgan fingerprint density at radius 3 is 1.20 bits per heavy atom. The standard InChI is InChI=1S/C64H38N2O3/c1-3-13-41-33-43(23-21-39(41)11-1)65(46-27-31-60-56(36-46)50-16-7-9-19-58(50)67-60)45-25-29-53-55(35-45)49-15-5-6-18-52(49)63-54-30-26-48(38-62(54)69-64(53)63)66(44-24-22-40-12-2-4-14-42(40)34-44)47-28-32-61-57(37-47)51-17-8-10-20-59(51)68-61/h1-38H. The molecule has 15 rings (SSSR count). The van der Waals surface area contributed by atoms with Gasteiger partial charge in [-0.2, -0.15) is 0 Å². The second-order valence-corrected chi connectivity index (χ2v) is 18.1. The van der Waals surface area contributed by atoms with Crippen LogP contribution in [0.15, 0.2) is 244 Å². The van der Waals surface area contributed by atoms with Crippen LogP contribution in [0, 0.1) is 0 Å². The molecule has 0 aliphatic heterocycles. The van der Waals surface area contributed by atoms with Crippen LogP contribution in [-0.2, 0) is 0 Å². The summed E-state index contributed by atoms with van der Waals surface area (Å²) in [7, 11) is 0. The average Bonchev–Trinajstić information content (AvgIpc) is 4.10. The Morgan fingerprint density at radius 2 is 0.623 bits per heavy atom. The molecule has 0 fully saturated rings. The number of para-hydroxylation sites is 2. The maximum atomic E-state index is 7.15. The molecule has 0 saturated carbocycles. The van der Waals surface area contributed by atoms with Gasteiger partial charge in [0.15, 0.2) is 0 Å². The molecule has 69 heavy (non-hydrogen) atoms. The number of hydrogen-bond donors (Lipinski definition) is 0.